The maximum absolute atomic E-state index is 13.3. The Morgan fingerprint density at radius 1 is 1.30 bits per heavy atom. The van der Waals surface area contributed by atoms with Crippen LogP contribution in [0, 0.1) is 5.82 Å². The molecule has 0 aliphatic carbocycles. The van der Waals surface area contributed by atoms with Crippen molar-refractivity contribution in [3.63, 3.8) is 0 Å². The number of pyridine rings is 1. The summed E-state index contributed by atoms with van der Waals surface area (Å²) in [6.45, 7) is -0.504. The van der Waals surface area contributed by atoms with Crippen molar-refractivity contribution in [1.82, 2.24) is 9.88 Å². The topological polar surface area (TPSA) is 88.6 Å². The minimum Gasteiger partial charge on any atom is -0.454 e. The average Bonchev–Trinajstić information content (AvgIpc) is 3.28. The Morgan fingerprint density at radius 3 is 2.77 bits per heavy atom. The number of fused-ring (bicyclic) bond motifs is 1. The third-order valence-corrected chi connectivity index (χ3v) is 6.86. The Balaban J connectivity index is 1.42. The molecule has 7 nitrogen and oxygen atoms in total. The van der Waals surface area contributed by atoms with Gasteiger partial charge in [-0.1, -0.05) is 23.7 Å². The van der Waals surface area contributed by atoms with E-state index in [0.717, 1.165) is 5.56 Å². The van der Waals surface area contributed by atoms with Gasteiger partial charge in [-0.15, -0.1) is 11.8 Å². The van der Waals surface area contributed by atoms with Crippen molar-refractivity contribution in [2.45, 2.75) is 23.8 Å². The summed E-state index contributed by atoms with van der Waals surface area (Å²) in [7, 11) is 0. The quantitative estimate of drug-likeness (QED) is 0.706. The number of nitrogens with zero attached hydrogens (tertiary/aromatic N) is 2. The molecule has 0 spiro atoms. The Morgan fingerprint density at radius 2 is 2.07 bits per heavy atom. The van der Waals surface area contributed by atoms with Crippen LogP contribution in [0.4, 0.5) is 10.2 Å². The molecule has 2 atom stereocenters. The summed E-state index contributed by atoms with van der Waals surface area (Å²) in [5.74, 6) is -1.13. The zero-order chi connectivity index (χ0) is 21.3. The van der Waals surface area contributed by atoms with E-state index in [1.165, 1.54) is 41.1 Å². The molecular formula is C20H17ClFN3O4S. The van der Waals surface area contributed by atoms with E-state index in [1.54, 1.807) is 18.2 Å². The standard InChI is InChI=1S/C20H17ClFN3O4S/c21-13-3-6-16(23-9-13)24-17(26)10-29-19(28)15-11-30-20(8-7-18(27)25(15)20)12-1-4-14(22)5-2-12/h1-6,9,15H,7-8,10-11H2,(H,23,24,26). The number of thioether (sulfide) groups is 1. The lowest BCUT2D eigenvalue weighted by Crippen LogP contribution is -2.47. The molecule has 2 unspecified atom stereocenters. The van der Waals surface area contributed by atoms with Crippen LogP contribution in [0.5, 0.6) is 0 Å². The lowest BCUT2D eigenvalue weighted by atomic mass is 10.0. The second-order valence-electron chi connectivity index (χ2n) is 6.90. The number of amides is 2. The molecule has 0 radical (unpaired) electrons. The third kappa shape index (κ3) is 3.87. The van der Waals surface area contributed by atoms with Gasteiger partial charge in [-0.25, -0.2) is 14.2 Å². The van der Waals surface area contributed by atoms with Gasteiger partial charge in [0.2, 0.25) is 5.91 Å². The van der Waals surface area contributed by atoms with Crippen molar-refractivity contribution in [3.05, 3.63) is 59.0 Å². The first-order valence-corrected chi connectivity index (χ1v) is 10.6. The highest BCUT2D eigenvalue weighted by atomic mass is 35.5. The summed E-state index contributed by atoms with van der Waals surface area (Å²) >= 11 is 7.20. The molecule has 2 aliphatic rings. The van der Waals surface area contributed by atoms with E-state index in [0.29, 0.717) is 17.2 Å². The molecule has 4 rings (SSSR count). The van der Waals surface area contributed by atoms with E-state index in [4.69, 9.17) is 16.3 Å². The molecule has 2 saturated heterocycles. The SMILES string of the molecule is O=C(COC(=O)C1CSC2(c3ccc(F)cc3)CCC(=O)N12)Nc1ccc(Cl)cn1. The van der Waals surface area contributed by atoms with Crippen LogP contribution in [0.15, 0.2) is 42.6 Å². The predicted octanol–water partition coefficient (Wildman–Crippen LogP) is 2.95. The van der Waals surface area contributed by atoms with Crippen LogP contribution in [-0.2, 0) is 24.0 Å². The van der Waals surface area contributed by atoms with Crippen LogP contribution in [0.2, 0.25) is 5.02 Å². The van der Waals surface area contributed by atoms with Crippen molar-refractivity contribution >= 4 is 47.0 Å². The normalized spacial score (nSPS) is 22.7. The molecule has 0 saturated carbocycles. The number of anilines is 1. The number of rotatable bonds is 5. The molecule has 156 valence electrons. The highest BCUT2D eigenvalue weighted by Crippen LogP contribution is 2.54. The van der Waals surface area contributed by atoms with Gasteiger partial charge in [-0.05, 0) is 36.2 Å². The van der Waals surface area contributed by atoms with Crippen molar-refractivity contribution < 1.29 is 23.5 Å². The first kappa shape index (κ1) is 20.6. The average molecular weight is 450 g/mol. The minimum atomic E-state index is -0.809. The van der Waals surface area contributed by atoms with Crippen molar-refractivity contribution in [1.29, 1.82) is 0 Å². The summed E-state index contributed by atoms with van der Waals surface area (Å²) in [5, 5.41) is 2.93. The summed E-state index contributed by atoms with van der Waals surface area (Å²) in [6, 6.07) is 8.23. The van der Waals surface area contributed by atoms with Crippen LogP contribution < -0.4 is 5.32 Å². The van der Waals surface area contributed by atoms with Crippen LogP contribution >= 0.6 is 23.4 Å². The van der Waals surface area contributed by atoms with Gasteiger partial charge in [0.1, 0.15) is 22.5 Å². The van der Waals surface area contributed by atoms with Gasteiger partial charge in [0.05, 0.1) is 5.02 Å². The summed E-state index contributed by atoms with van der Waals surface area (Å²) in [4.78, 5) is 42.0. The van der Waals surface area contributed by atoms with Crippen LogP contribution in [-0.4, -0.2) is 46.1 Å². The molecule has 3 heterocycles. The largest absolute Gasteiger partial charge is 0.454 e. The van der Waals surface area contributed by atoms with Crippen molar-refractivity contribution in [3.8, 4) is 0 Å². The predicted molar refractivity (Wildman–Crippen MR) is 109 cm³/mol. The van der Waals surface area contributed by atoms with Gasteiger partial charge in [-0.3, -0.25) is 9.59 Å². The zero-order valence-corrected chi connectivity index (χ0v) is 17.2. The fourth-order valence-corrected chi connectivity index (χ4v) is 5.44. The Bertz CT molecular complexity index is 989. The summed E-state index contributed by atoms with van der Waals surface area (Å²) in [6.07, 6.45) is 2.19. The van der Waals surface area contributed by atoms with E-state index in [9.17, 15) is 18.8 Å². The maximum Gasteiger partial charge on any atom is 0.330 e. The van der Waals surface area contributed by atoms with Crippen LogP contribution in [0.1, 0.15) is 18.4 Å². The van der Waals surface area contributed by atoms with Crippen molar-refractivity contribution in [2.75, 3.05) is 17.7 Å². The number of ether oxygens (including phenoxy) is 1. The number of hydrogen-bond donors (Lipinski definition) is 1. The molecule has 1 aromatic heterocycles. The molecule has 2 aromatic rings. The lowest BCUT2D eigenvalue weighted by Gasteiger charge is -2.33. The first-order chi connectivity index (χ1) is 14.4. The number of carbonyl (C=O) groups excluding carboxylic acids is 3. The van der Waals surface area contributed by atoms with Gasteiger partial charge < -0.3 is 15.0 Å². The number of hydrogen-bond acceptors (Lipinski definition) is 6. The van der Waals surface area contributed by atoms with Crippen LogP contribution in [0.3, 0.4) is 0 Å². The van der Waals surface area contributed by atoms with Gasteiger partial charge >= 0.3 is 5.97 Å². The summed E-state index contributed by atoms with van der Waals surface area (Å²) < 4.78 is 18.5. The van der Waals surface area contributed by atoms with E-state index in [-0.39, 0.29) is 24.0 Å². The highest BCUT2D eigenvalue weighted by Gasteiger charge is 2.57. The minimum absolute atomic E-state index is 0.166. The number of benzene rings is 1. The van der Waals surface area contributed by atoms with Gasteiger partial charge in [0.15, 0.2) is 6.61 Å². The molecule has 1 aromatic carbocycles. The molecule has 2 fully saturated rings. The fraction of sp³-hybridized carbons (Fsp3) is 0.300. The number of carbonyl (C=O) groups is 3. The molecule has 2 amide bonds. The second kappa shape index (κ2) is 8.23. The first-order valence-electron chi connectivity index (χ1n) is 9.19. The highest BCUT2D eigenvalue weighted by molar-refractivity contribution is 8.00. The Hall–Kier alpha value is -2.65. The Kier molecular flexibility index (Phi) is 5.66. The second-order valence-corrected chi connectivity index (χ2v) is 8.63. The monoisotopic (exact) mass is 449 g/mol. The molecule has 1 N–H and O–H groups in total. The summed E-state index contributed by atoms with van der Waals surface area (Å²) in [5.41, 5.74) is 0.765. The molecular weight excluding hydrogens is 433 g/mol. The van der Waals surface area contributed by atoms with Gasteiger partial charge in [-0.2, -0.15) is 0 Å². The smallest absolute Gasteiger partial charge is 0.330 e. The number of nitrogens with one attached hydrogen (secondary N) is 1. The molecule has 2 aliphatic heterocycles. The lowest BCUT2D eigenvalue weighted by molar-refractivity contribution is -0.155. The molecule has 30 heavy (non-hydrogen) atoms. The van der Waals surface area contributed by atoms with Crippen molar-refractivity contribution in [2.24, 2.45) is 0 Å². The van der Waals surface area contributed by atoms with E-state index >= 15 is 0 Å². The fourth-order valence-electron chi connectivity index (χ4n) is 3.69. The third-order valence-electron chi connectivity index (χ3n) is 5.03. The molecule has 0 bridgehead atoms. The Labute approximate surface area is 180 Å². The molecule has 10 heteroatoms. The number of esters is 1. The van der Waals surface area contributed by atoms with E-state index < -0.39 is 29.4 Å². The van der Waals surface area contributed by atoms with Gasteiger partial charge in [0.25, 0.3) is 5.91 Å². The zero-order valence-electron chi connectivity index (χ0n) is 15.6. The van der Waals surface area contributed by atoms with E-state index in [2.05, 4.69) is 10.3 Å². The van der Waals surface area contributed by atoms with E-state index in [1.807, 2.05) is 0 Å². The maximum atomic E-state index is 13.3. The van der Waals surface area contributed by atoms with Gasteiger partial charge in [0, 0.05) is 18.4 Å². The number of halogens is 2. The van der Waals surface area contributed by atoms with Crippen LogP contribution in [0.25, 0.3) is 0 Å². The number of aromatic nitrogens is 1.